The molecule has 1 N–H and O–H groups in total. The molecule has 0 bridgehead atoms. The van der Waals surface area contributed by atoms with Crippen molar-refractivity contribution in [2.45, 2.75) is 46.6 Å². The predicted molar refractivity (Wildman–Crippen MR) is 112 cm³/mol. The van der Waals surface area contributed by atoms with E-state index in [2.05, 4.69) is 31.6 Å². The second-order valence-corrected chi connectivity index (χ2v) is 8.40. The number of hydrogen-bond acceptors (Lipinski definition) is 6. The van der Waals surface area contributed by atoms with Crippen molar-refractivity contribution in [1.82, 2.24) is 30.1 Å². The van der Waals surface area contributed by atoms with Gasteiger partial charge in [0.15, 0.2) is 0 Å². The lowest BCUT2D eigenvalue weighted by Crippen LogP contribution is -2.24. The first-order valence-corrected chi connectivity index (χ1v) is 9.75. The number of nitrogens with zero attached hydrogens (tertiary/aromatic N) is 5. The third-order valence-corrected chi connectivity index (χ3v) is 4.98. The topological polar surface area (TPSA) is 98.2 Å². The summed E-state index contributed by atoms with van der Waals surface area (Å²) in [4.78, 5) is 21.1. The van der Waals surface area contributed by atoms with E-state index >= 15 is 0 Å². The van der Waals surface area contributed by atoms with Gasteiger partial charge < -0.3 is 9.84 Å². The molecular weight excluding hydrogens is 380 g/mol. The van der Waals surface area contributed by atoms with E-state index in [-0.39, 0.29) is 17.1 Å². The highest BCUT2D eigenvalue weighted by molar-refractivity contribution is 5.90. The smallest absolute Gasteiger partial charge is 0.292 e. The van der Waals surface area contributed by atoms with Crippen molar-refractivity contribution in [3.8, 4) is 11.3 Å². The molecule has 0 aliphatic rings. The molecule has 0 saturated heterocycles. The van der Waals surface area contributed by atoms with Crippen LogP contribution in [0.25, 0.3) is 16.8 Å². The minimum atomic E-state index is -0.362. The van der Waals surface area contributed by atoms with E-state index in [9.17, 15) is 4.79 Å². The minimum absolute atomic E-state index is 0.0429. The summed E-state index contributed by atoms with van der Waals surface area (Å²) in [5.74, 6) is 0.116. The number of benzene rings is 1. The summed E-state index contributed by atoms with van der Waals surface area (Å²) in [7, 11) is 0. The fraction of sp³-hybridized carbons (Fsp3) is 0.318. The maximum Gasteiger partial charge on any atom is 0.292 e. The molecule has 30 heavy (non-hydrogen) atoms. The molecule has 1 amide bonds. The Kier molecular flexibility index (Phi) is 4.85. The standard InChI is InChI=1S/C22H24N6O2/c1-13-8-9-28-18(13)17(24-12-25-28)15-6-7-16(14(2)10-15)11-23-20(29)19-26-21(30-27-19)22(3,4)5/h6-10,12H,11H2,1-5H3,(H,23,29). The van der Waals surface area contributed by atoms with Crippen LogP contribution < -0.4 is 5.32 Å². The molecule has 0 fully saturated rings. The number of amides is 1. The van der Waals surface area contributed by atoms with Crippen LogP contribution in [-0.4, -0.2) is 30.6 Å². The lowest BCUT2D eigenvalue weighted by Gasteiger charge is -2.11. The van der Waals surface area contributed by atoms with Gasteiger partial charge in [-0.2, -0.15) is 10.1 Å². The molecule has 0 spiro atoms. The fourth-order valence-corrected chi connectivity index (χ4v) is 3.24. The van der Waals surface area contributed by atoms with Crippen LogP contribution in [0.3, 0.4) is 0 Å². The van der Waals surface area contributed by atoms with Crippen molar-refractivity contribution >= 4 is 11.4 Å². The van der Waals surface area contributed by atoms with Gasteiger partial charge in [-0.3, -0.25) is 4.79 Å². The molecule has 4 rings (SSSR count). The largest absolute Gasteiger partial charge is 0.345 e. The Morgan fingerprint density at radius 3 is 2.67 bits per heavy atom. The summed E-state index contributed by atoms with van der Waals surface area (Å²) < 4.78 is 7.02. The Hall–Kier alpha value is -3.55. The Balaban J connectivity index is 1.52. The molecule has 154 valence electrons. The highest BCUT2D eigenvalue weighted by Crippen LogP contribution is 2.26. The molecule has 0 unspecified atom stereocenters. The summed E-state index contributed by atoms with van der Waals surface area (Å²) in [5, 5.41) is 10.9. The van der Waals surface area contributed by atoms with E-state index in [1.807, 2.05) is 63.5 Å². The number of aromatic nitrogens is 5. The van der Waals surface area contributed by atoms with Gasteiger partial charge in [-0.25, -0.2) is 9.50 Å². The Bertz CT molecular complexity index is 1230. The molecule has 8 nitrogen and oxygen atoms in total. The molecule has 0 atom stereocenters. The van der Waals surface area contributed by atoms with Crippen LogP contribution in [-0.2, 0) is 12.0 Å². The zero-order valence-electron chi connectivity index (χ0n) is 17.7. The lowest BCUT2D eigenvalue weighted by molar-refractivity contribution is 0.0937. The van der Waals surface area contributed by atoms with Gasteiger partial charge in [-0.05, 0) is 42.7 Å². The minimum Gasteiger partial charge on any atom is -0.345 e. The molecule has 0 radical (unpaired) electrons. The number of hydrogen-bond donors (Lipinski definition) is 1. The Labute approximate surface area is 174 Å². The number of rotatable bonds is 4. The number of carbonyl (C=O) groups excluding carboxylic acids is 1. The molecule has 0 aliphatic carbocycles. The third-order valence-electron chi connectivity index (χ3n) is 4.98. The molecule has 4 aromatic rings. The van der Waals surface area contributed by atoms with E-state index in [0.29, 0.717) is 12.4 Å². The highest BCUT2D eigenvalue weighted by Gasteiger charge is 2.24. The first kappa shape index (κ1) is 19.8. The first-order valence-electron chi connectivity index (χ1n) is 9.75. The van der Waals surface area contributed by atoms with Crippen molar-refractivity contribution in [3.63, 3.8) is 0 Å². The van der Waals surface area contributed by atoms with Gasteiger partial charge in [0.2, 0.25) is 5.89 Å². The van der Waals surface area contributed by atoms with Gasteiger partial charge in [0.1, 0.15) is 6.33 Å². The van der Waals surface area contributed by atoms with Gasteiger partial charge in [0.05, 0.1) is 11.2 Å². The van der Waals surface area contributed by atoms with Crippen LogP contribution in [0.15, 0.2) is 41.3 Å². The SMILES string of the molecule is Cc1cc(-c2ncnn3ccc(C)c23)ccc1CNC(=O)c1noc(C(C)(C)C)n1. The molecule has 0 saturated carbocycles. The van der Waals surface area contributed by atoms with Gasteiger partial charge in [-0.1, -0.05) is 38.1 Å². The number of nitrogens with one attached hydrogen (secondary N) is 1. The first-order chi connectivity index (χ1) is 14.2. The van der Waals surface area contributed by atoms with Crippen molar-refractivity contribution < 1.29 is 9.32 Å². The van der Waals surface area contributed by atoms with Crippen molar-refractivity contribution in [2.24, 2.45) is 0 Å². The van der Waals surface area contributed by atoms with E-state index in [1.54, 1.807) is 6.33 Å². The van der Waals surface area contributed by atoms with Crippen LogP contribution >= 0.6 is 0 Å². The van der Waals surface area contributed by atoms with Gasteiger partial charge in [-0.15, -0.1) is 0 Å². The van der Waals surface area contributed by atoms with Gasteiger partial charge >= 0.3 is 0 Å². The summed E-state index contributed by atoms with van der Waals surface area (Å²) >= 11 is 0. The lowest BCUT2D eigenvalue weighted by atomic mass is 9.97. The normalized spacial score (nSPS) is 11.8. The van der Waals surface area contributed by atoms with Crippen LogP contribution in [0.5, 0.6) is 0 Å². The maximum atomic E-state index is 12.4. The molecule has 8 heteroatoms. The molecule has 1 aromatic carbocycles. The number of fused-ring (bicyclic) bond motifs is 1. The van der Waals surface area contributed by atoms with Crippen LogP contribution in [0.2, 0.25) is 0 Å². The summed E-state index contributed by atoms with van der Waals surface area (Å²) in [6, 6.07) is 8.10. The average Bonchev–Trinajstić information content (AvgIpc) is 3.34. The molecular formula is C22H24N6O2. The van der Waals surface area contributed by atoms with Gasteiger partial charge in [0.25, 0.3) is 11.7 Å². The zero-order chi connectivity index (χ0) is 21.5. The summed E-state index contributed by atoms with van der Waals surface area (Å²) in [6.07, 6.45) is 3.48. The summed E-state index contributed by atoms with van der Waals surface area (Å²) in [6.45, 7) is 10.3. The van der Waals surface area contributed by atoms with Crippen LogP contribution in [0.1, 0.15) is 54.0 Å². The molecule has 3 aromatic heterocycles. The van der Waals surface area contributed by atoms with E-state index in [4.69, 9.17) is 4.52 Å². The van der Waals surface area contributed by atoms with E-state index in [0.717, 1.165) is 33.5 Å². The van der Waals surface area contributed by atoms with Crippen molar-refractivity contribution in [3.05, 3.63) is 65.2 Å². The van der Waals surface area contributed by atoms with Crippen LogP contribution in [0, 0.1) is 13.8 Å². The second-order valence-electron chi connectivity index (χ2n) is 8.40. The zero-order valence-corrected chi connectivity index (χ0v) is 17.7. The fourth-order valence-electron chi connectivity index (χ4n) is 3.24. The number of aryl methyl sites for hydroxylation is 2. The third kappa shape index (κ3) is 3.68. The second kappa shape index (κ2) is 7.37. The van der Waals surface area contributed by atoms with E-state index < -0.39 is 0 Å². The monoisotopic (exact) mass is 404 g/mol. The highest BCUT2D eigenvalue weighted by atomic mass is 16.5. The Morgan fingerprint density at radius 1 is 1.17 bits per heavy atom. The average molecular weight is 404 g/mol. The quantitative estimate of drug-likeness (QED) is 0.558. The van der Waals surface area contributed by atoms with Crippen molar-refractivity contribution in [1.29, 1.82) is 0 Å². The van der Waals surface area contributed by atoms with Crippen molar-refractivity contribution in [2.75, 3.05) is 0 Å². The summed E-state index contributed by atoms with van der Waals surface area (Å²) in [5.41, 5.74) is 5.75. The maximum absolute atomic E-state index is 12.4. The number of carbonyl (C=O) groups is 1. The van der Waals surface area contributed by atoms with E-state index in [1.165, 1.54) is 0 Å². The van der Waals surface area contributed by atoms with Crippen LogP contribution in [0.4, 0.5) is 0 Å². The predicted octanol–water partition coefficient (Wildman–Crippen LogP) is 3.62. The molecule has 3 heterocycles. The Morgan fingerprint density at radius 2 is 1.97 bits per heavy atom. The molecule has 0 aliphatic heterocycles. The van der Waals surface area contributed by atoms with Gasteiger partial charge in [0, 0.05) is 23.7 Å².